The number of rotatable bonds is 9. The van der Waals surface area contributed by atoms with E-state index in [0.29, 0.717) is 22.6 Å². The maximum Gasteiger partial charge on any atom is 0.278 e. The van der Waals surface area contributed by atoms with Gasteiger partial charge in [-0.1, -0.05) is 18.2 Å². The summed E-state index contributed by atoms with van der Waals surface area (Å²) < 4.78 is 16.3. The van der Waals surface area contributed by atoms with Gasteiger partial charge in [0.1, 0.15) is 5.70 Å². The van der Waals surface area contributed by atoms with E-state index in [1.165, 1.54) is 12.0 Å². The summed E-state index contributed by atoms with van der Waals surface area (Å²) in [6.07, 6.45) is 0.00799. The smallest absolute Gasteiger partial charge is 0.278 e. The molecule has 7 nitrogen and oxygen atoms in total. The summed E-state index contributed by atoms with van der Waals surface area (Å²) >= 11 is 0. The number of nitrogens with zero attached hydrogens (tertiary/aromatic N) is 1. The van der Waals surface area contributed by atoms with Crippen LogP contribution in [-0.4, -0.2) is 50.2 Å². The lowest BCUT2D eigenvalue weighted by Crippen LogP contribution is -2.35. The summed E-state index contributed by atoms with van der Waals surface area (Å²) in [5.74, 6) is 0.265. The van der Waals surface area contributed by atoms with Crippen molar-refractivity contribution in [1.82, 2.24) is 4.90 Å². The van der Waals surface area contributed by atoms with E-state index in [1.807, 2.05) is 45.9 Å². The van der Waals surface area contributed by atoms with E-state index in [2.05, 4.69) is 5.32 Å². The number of ether oxygens (including phenoxy) is 3. The Labute approximate surface area is 189 Å². The summed E-state index contributed by atoms with van der Waals surface area (Å²) in [6, 6.07) is 11.0. The second-order valence-electron chi connectivity index (χ2n) is 7.87. The van der Waals surface area contributed by atoms with Crippen LogP contribution in [0.4, 0.5) is 5.69 Å². The van der Waals surface area contributed by atoms with Gasteiger partial charge in [0, 0.05) is 5.69 Å². The molecule has 32 heavy (non-hydrogen) atoms. The quantitative estimate of drug-likeness (QED) is 0.598. The molecule has 1 aliphatic heterocycles. The fourth-order valence-corrected chi connectivity index (χ4v) is 3.56. The van der Waals surface area contributed by atoms with Crippen LogP contribution >= 0.6 is 0 Å². The third kappa shape index (κ3) is 4.62. The van der Waals surface area contributed by atoms with E-state index in [1.54, 1.807) is 25.3 Å². The molecular weight excluding hydrogens is 408 g/mol. The van der Waals surface area contributed by atoms with E-state index >= 15 is 0 Å². The second kappa shape index (κ2) is 9.87. The predicted molar refractivity (Wildman–Crippen MR) is 124 cm³/mol. The molecule has 1 N–H and O–H groups in total. The predicted octanol–water partition coefficient (Wildman–Crippen LogP) is 3.94. The lowest BCUT2D eigenvalue weighted by atomic mass is 10.0. The molecule has 0 fully saturated rings. The van der Waals surface area contributed by atoms with Crippen molar-refractivity contribution in [2.45, 2.75) is 33.8 Å². The van der Waals surface area contributed by atoms with Crippen LogP contribution in [0.1, 0.15) is 30.5 Å². The first-order chi connectivity index (χ1) is 15.3. The number of aryl methyl sites for hydroxylation is 1. The van der Waals surface area contributed by atoms with Crippen LogP contribution in [0.25, 0.3) is 5.57 Å². The molecule has 0 aromatic heterocycles. The Morgan fingerprint density at radius 1 is 0.969 bits per heavy atom. The molecule has 1 aliphatic rings. The van der Waals surface area contributed by atoms with Gasteiger partial charge in [-0.2, -0.15) is 0 Å². The largest absolute Gasteiger partial charge is 0.493 e. The van der Waals surface area contributed by atoms with Crippen molar-refractivity contribution < 1.29 is 23.8 Å². The first-order valence-corrected chi connectivity index (χ1v) is 10.6. The molecule has 0 saturated carbocycles. The third-order valence-electron chi connectivity index (χ3n) is 5.47. The SMILES string of the molecule is COc1ccc(C2=C(Nc3cccc(C)c3C)C(=O)N(CCOC(C)C)C2=O)cc1OC. The minimum Gasteiger partial charge on any atom is -0.493 e. The Hall–Kier alpha value is -3.32. The van der Waals surface area contributed by atoms with Gasteiger partial charge < -0.3 is 19.5 Å². The molecule has 0 bridgehead atoms. The van der Waals surface area contributed by atoms with Crippen molar-refractivity contribution in [3.63, 3.8) is 0 Å². The number of carbonyl (C=O) groups is 2. The highest BCUT2D eigenvalue weighted by Crippen LogP contribution is 2.36. The van der Waals surface area contributed by atoms with Crippen LogP contribution in [0.5, 0.6) is 11.5 Å². The molecule has 170 valence electrons. The Kier molecular flexibility index (Phi) is 7.20. The lowest BCUT2D eigenvalue weighted by Gasteiger charge is -2.17. The molecule has 1 heterocycles. The second-order valence-corrected chi connectivity index (χ2v) is 7.87. The molecule has 0 unspecified atom stereocenters. The first kappa shape index (κ1) is 23.3. The molecule has 2 amide bonds. The summed E-state index contributed by atoms with van der Waals surface area (Å²) in [7, 11) is 3.08. The monoisotopic (exact) mass is 438 g/mol. The van der Waals surface area contributed by atoms with Gasteiger partial charge in [0.15, 0.2) is 11.5 Å². The van der Waals surface area contributed by atoms with Crippen molar-refractivity contribution in [2.24, 2.45) is 0 Å². The average Bonchev–Trinajstić information content (AvgIpc) is 3.00. The average molecular weight is 439 g/mol. The topological polar surface area (TPSA) is 77.1 Å². The fourth-order valence-electron chi connectivity index (χ4n) is 3.56. The molecule has 0 radical (unpaired) electrons. The van der Waals surface area contributed by atoms with E-state index in [0.717, 1.165) is 16.8 Å². The van der Waals surface area contributed by atoms with E-state index < -0.39 is 0 Å². The van der Waals surface area contributed by atoms with Gasteiger partial charge in [-0.25, -0.2) is 0 Å². The summed E-state index contributed by atoms with van der Waals surface area (Å²) in [5.41, 5.74) is 3.97. The molecule has 2 aromatic carbocycles. The molecular formula is C25H30N2O5. The van der Waals surface area contributed by atoms with Gasteiger partial charge in [-0.05, 0) is 62.6 Å². The first-order valence-electron chi connectivity index (χ1n) is 10.6. The van der Waals surface area contributed by atoms with Crippen LogP contribution in [0, 0.1) is 13.8 Å². The van der Waals surface area contributed by atoms with Crippen LogP contribution in [0.15, 0.2) is 42.1 Å². The van der Waals surface area contributed by atoms with E-state index in [4.69, 9.17) is 14.2 Å². The molecule has 3 rings (SSSR count). The zero-order valence-corrected chi connectivity index (χ0v) is 19.4. The molecule has 7 heteroatoms. The van der Waals surface area contributed by atoms with Crippen molar-refractivity contribution in [3.8, 4) is 11.5 Å². The highest BCUT2D eigenvalue weighted by molar-refractivity contribution is 6.36. The van der Waals surface area contributed by atoms with Gasteiger partial charge in [0.25, 0.3) is 11.8 Å². The Morgan fingerprint density at radius 2 is 1.69 bits per heavy atom. The van der Waals surface area contributed by atoms with Crippen molar-refractivity contribution in [1.29, 1.82) is 0 Å². The summed E-state index contributed by atoms with van der Waals surface area (Å²) in [6.45, 7) is 8.24. The highest BCUT2D eigenvalue weighted by atomic mass is 16.5. The van der Waals surface area contributed by atoms with Crippen molar-refractivity contribution >= 4 is 23.1 Å². The van der Waals surface area contributed by atoms with Crippen molar-refractivity contribution in [2.75, 3.05) is 32.7 Å². The van der Waals surface area contributed by atoms with Crippen LogP contribution in [-0.2, 0) is 14.3 Å². The summed E-state index contributed by atoms with van der Waals surface area (Å²) in [4.78, 5) is 27.9. The maximum atomic E-state index is 13.4. The number of nitrogens with one attached hydrogen (secondary N) is 1. The number of carbonyl (C=O) groups excluding carboxylic acids is 2. The molecule has 0 atom stereocenters. The number of amides is 2. The normalized spacial score (nSPS) is 13.9. The van der Waals surface area contributed by atoms with Crippen LogP contribution in [0.2, 0.25) is 0 Å². The standard InChI is InChI=1S/C25H30N2O5/c1-15(2)32-13-12-27-24(28)22(18-10-11-20(30-5)21(14-18)31-6)23(25(27)29)26-19-9-7-8-16(3)17(19)4/h7-11,14-15,26H,12-13H2,1-6H3. The molecule has 0 aliphatic carbocycles. The zero-order valence-electron chi connectivity index (χ0n) is 19.4. The highest BCUT2D eigenvalue weighted by Gasteiger charge is 2.39. The maximum absolute atomic E-state index is 13.4. The lowest BCUT2D eigenvalue weighted by molar-refractivity contribution is -0.137. The third-order valence-corrected chi connectivity index (χ3v) is 5.47. The molecule has 2 aromatic rings. The molecule has 0 spiro atoms. The number of benzene rings is 2. The number of methoxy groups -OCH3 is 2. The zero-order chi connectivity index (χ0) is 23.4. The minimum atomic E-state index is -0.381. The van der Waals surface area contributed by atoms with Gasteiger partial charge in [0.2, 0.25) is 0 Å². The van der Waals surface area contributed by atoms with Crippen LogP contribution < -0.4 is 14.8 Å². The Balaban J connectivity index is 2.06. The van der Waals surface area contributed by atoms with E-state index in [-0.39, 0.29) is 36.8 Å². The number of imide groups is 1. The van der Waals surface area contributed by atoms with Crippen LogP contribution in [0.3, 0.4) is 0 Å². The van der Waals surface area contributed by atoms with Gasteiger partial charge in [-0.3, -0.25) is 14.5 Å². The summed E-state index contributed by atoms with van der Waals surface area (Å²) in [5, 5.41) is 3.23. The minimum absolute atomic E-state index is 0.00799. The van der Waals surface area contributed by atoms with Crippen molar-refractivity contribution in [3.05, 3.63) is 58.8 Å². The molecule has 0 saturated heterocycles. The number of anilines is 1. The van der Waals surface area contributed by atoms with E-state index in [9.17, 15) is 9.59 Å². The Morgan fingerprint density at radius 3 is 2.34 bits per heavy atom. The number of hydrogen-bond acceptors (Lipinski definition) is 6. The van der Waals surface area contributed by atoms with Gasteiger partial charge in [0.05, 0.1) is 39.0 Å². The van der Waals surface area contributed by atoms with Gasteiger partial charge in [-0.15, -0.1) is 0 Å². The van der Waals surface area contributed by atoms with Gasteiger partial charge >= 0.3 is 0 Å². The number of hydrogen-bond donors (Lipinski definition) is 1. The Bertz CT molecular complexity index is 1060. The fraction of sp³-hybridized carbons (Fsp3) is 0.360.